The first-order valence-corrected chi connectivity index (χ1v) is 19.0. The Balaban J connectivity index is 1.34. The highest BCUT2D eigenvalue weighted by atomic mass is 19.4. The third kappa shape index (κ3) is 22.7. The van der Waals surface area contributed by atoms with Gasteiger partial charge in [-0.15, -0.1) is 0 Å². The number of nitrogens with one attached hydrogen (secondary N) is 1. The summed E-state index contributed by atoms with van der Waals surface area (Å²) < 4.78 is 71.4. The number of hydrogen-bond donors (Lipinski definition) is 1. The first-order valence-electron chi connectivity index (χ1n) is 19.0. The van der Waals surface area contributed by atoms with E-state index in [0.717, 1.165) is 25.0 Å². The van der Waals surface area contributed by atoms with E-state index in [1.54, 1.807) is 18.2 Å². The summed E-state index contributed by atoms with van der Waals surface area (Å²) in [7, 11) is 0. The quantitative estimate of drug-likeness (QED) is 0.0581. The highest BCUT2D eigenvalue weighted by Gasteiger charge is 2.30. The van der Waals surface area contributed by atoms with Crippen molar-refractivity contribution in [2.45, 2.75) is 103 Å². The topological polar surface area (TPSA) is 102 Å². The number of benzene rings is 2. The molecule has 52 heavy (non-hydrogen) atoms. The molecule has 0 heterocycles. The molecule has 2 aromatic carbocycles. The summed E-state index contributed by atoms with van der Waals surface area (Å²) in [6.07, 6.45) is 12.5. The first kappa shape index (κ1) is 45.0. The Morgan fingerprint density at radius 1 is 0.577 bits per heavy atom. The summed E-state index contributed by atoms with van der Waals surface area (Å²) >= 11 is 0. The largest absolute Gasteiger partial charge is 0.463 e. The molecule has 0 aliphatic heterocycles. The Morgan fingerprint density at radius 2 is 1.06 bits per heavy atom. The molecule has 9 nitrogen and oxygen atoms in total. The molecule has 0 unspecified atom stereocenters. The molecule has 0 saturated heterocycles. The molecule has 0 radical (unpaired) electrons. The zero-order valence-electron chi connectivity index (χ0n) is 31.0. The minimum atomic E-state index is -4.48. The second kappa shape index (κ2) is 29.3. The molecule has 0 amide bonds. The van der Waals surface area contributed by atoms with Gasteiger partial charge in [-0.3, -0.25) is 4.79 Å². The lowest BCUT2D eigenvalue weighted by Gasteiger charge is -2.13. The molecule has 12 heteroatoms. The van der Waals surface area contributed by atoms with E-state index in [-0.39, 0.29) is 37.0 Å². The number of esters is 2. The molecule has 294 valence electrons. The molecule has 0 atom stereocenters. The molecule has 0 aromatic heterocycles. The van der Waals surface area contributed by atoms with Crippen LogP contribution in [0.4, 0.5) is 24.5 Å². The summed E-state index contributed by atoms with van der Waals surface area (Å²) in [6, 6.07) is 11.1. The van der Waals surface area contributed by atoms with Crippen LogP contribution in [0.25, 0.3) is 0 Å². The Labute approximate surface area is 308 Å². The number of ether oxygens (including phenoxy) is 6. The number of halogens is 3. The van der Waals surface area contributed by atoms with Crippen LogP contribution in [0.2, 0.25) is 0 Å². The molecule has 1 N–H and O–H groups in total. The standard InChI is InChI=1S/C40H60F3NO8/c1-2-3-4-5-6-7-8-9-10-11-12-13-14-22-38(45)51-31-29-49-27-25-47-23-24-48-26-28-50-30-32-52-39(46)36-20-15-16-21-37(36)44-35-19-17-18-34(33-35)40(41,42)43/h15-21,33,44H,2-14,22-32H2,1H3. The average molecular weight is 740 g/mol. The van der Waals surface area contributed by atoms with Gasteiger partial charge < -0.3 is 33.7 Å². The maximum Gasteiger partial charge on any atom is 0.416 e. The average Bonchev–Trinajstić information content (AvgIpc) is 3.13. The van der Waals surface area contributed by atoms with Crippen LogP contribution in [0.1, 0.15) is 113 Å². The number of carbonyl (C=O) groups is 2. The van der Waals surface area contributed by atoms with Gasteiger partial charge in [-0.25, -0.2) is 4.79 Å². The number of rotatable bonds is 32. The summed E-state index contributed by atoms with van der Waals surface area (Å²) in [5.74, 6) is -0.795. The van der Waals surface area contributed by atoms with Crippen molar-refractivity contribution in [3.63, 3.8) is 0 Å². The van der Waals surface area contributed by atoms with Crippen LogP contribution in [0, 0.1) is 0 Å². The predicted octanol–water partition coefficient (Wildman–Crippen LogP) is 9.70. The van der Waals surface area contributed by atoms with Crippen LogP contribution < -0.4 is 5.32 Å². The smallest absolute Gasteiger partial charge is 0.416 e. The summed E-state index contributed by atoms with van der Waals surface area (Å²) in [5.41, 5.74) is -0.0845. The van der Waals surface area contributed by atoms with Gasteiger partial charge in [-0.2, -0.15) is 13.2 Å². The van der Waals surface area contributed by atoms with Crippen LogP contribution in [-0.4, -0.2) is 78.0 Å². The fraction of sp³-hybridized carbons (Fsp3) is 0.650. The molecule has 0 aliphatic rings. The maximum atomic E-state index is 13.0. The molecule has 0 bridgehead atoms. The molecule has 0 spiro atoms. The number of para-hydroxylation sites is 1. The van der Waals surface area contributed by atoms with Crippen molar-refractivity contribution < 1.29 is 51.2 Å². The van der Waals surface area contributed by atoms with E-state index in [1.807, 2.05) is 0 Å². The highest BCUT2D eigenvalue weighted by molar-refractivity contribution is 5.96. The summed E-state index contributed by atoms with van der Waals surface area (Å²) in [6.45, 7) is 5.18. The molecule has 2 aromatic rings. The fourth-order valence-corrected chi connectivity index (χ4v) is 5.31. The monoisotopic (exact) mass is 739 g/mol. The van der Waals surface area contributed by atoms with Crippen molar-refractivity contribution in [2.75, 3.05) is 71.4 Å². The van der Waals surface area contributed by atoms with Gasteiger partial charge in [-0.05, 0) is 36.8 Å². The number of unbranched alkanes of at least 4 members (excludes halogenated alkanes) is 12. The Kier molecular flexibility index (Phi) is 25.3. The third-order valence-electron chi connectivity index (χ3n) is 8.17. The van der Waals surface area contributed by atoms with Crippen molar-refractivity contribution in [2.24, 2.45) is 0 Å². The zero-order chi connectivity index (χ0) is 37.5. The highest BCUT2D eigenvalue weighted by Crippen LogP contribution is 2.32. The van der Waals surface area contributed by atoms with Gasteiger partial charge in [0.15, 0.2) is 0 Å². The minimum Gasteiger partial charge on any atom is -0.463 e. The molecular weight excluding hydrogens is 679 g/mol. The molecule has 0 fully saturated rings. The van der Waals surface area contributed by atoms with Crippen LogP contribution in [0.5, 0.6) is 0 Å². The molecule has 0 aliphatic carbocycles. The number of hydrogen-bond acceptors (Lipinski definition) is 9. The minimum absolute atomic E-state index is 0.00147. The van der Waals surface area contributed by atoms with Gasteiger partial charge in [-0.1, -0.05) is 102 Å². The predicted molar refractivity (Wildman–Crippen MR) is 196 cm³/mol. The van der Waals surface area contributed by atoms with E-state index in [2.05, 4.69) is 12.2 Å². The van der Waals surface area contributed by atoms with Crippen molar-refractivity contribution in [1.82, 2.24) is 0 Å². The number of anilines is 2. The second-order valence-electron chi connectivity index (χ2n) is 12.5. The van der Waals surface area contributed by atoms with Gasteiger partial charge >= 0.3 is 18.1 Å². The van der Waals surface area contributed by atoms with E-state index in [1.165, 1.54) is 88.8 Å². The van der Waals surface area contributed by atoms with Crippen LogP contribution >= 0.6 is 0 Å². The number of alkyl halides is 3. The van der Waals surface area contributed by atoms with E-state index < -0.39 is 17.7 Å². The third-order valence-corrected chi connectivity index (χ3v) is 8.17. The van der Waals surface area contributed by atoms with Crippen LogP contribution in [0.3, 0.4) is 0 Å². The summed E-state index contributed by atoms with van der Waals surface area (Å²) in [4.78, 5) is 24.5. The normalized spacial score (nSPS) is 11.5. The Bertz CT molecular complexity index is 1210. The fourth-order valence-electron chi connectivity index (χ4n) is 5.31. The molecule has 2 rings (SSSR count). The zero-order valence-corrected chi connectivity index (χ0v) is 31.0. The lowest BCUT2D eigenvalue weighted by Crippen LogP contribution is -2.15. The van der Waals surface area contributed by atoms with Gasteiger partial charge in [0.2, 0.25) is 0 Å². The van der Waals surface area contributed by atoms with Crippen molar-refractivity contribution in [3.05, 3.63) is 59.7 Å². The number of carbonyl (C=O) groups excluding carboxylic acids is 2. The van der Waals surface area contributed by atoms with Gasteiger partial charge in [0.1, 0.15) is 13.2 Å². The van der Waals surface area contributed by atoms with Crippen LogP contribution in [-0.2, 0) is 39.4 Å². The second-order valence-corrected chi connectivity index (χ2v) is 12.5. The van der Waals surface area contributed by atoms with Crippen molar-refractivity contribution >= 4 is 23.3 Å². The first-order chi connectivity index (χ1) is 25.3. The Hall–Kier alpha value is -3.19. The van der Waals surface area contributed by atoms with Gasteiger partial charge in [0.05, 0.1) is 69.7 Å². The van der Waals surface area contributed by atoms with Crippen molar-refractivity contribution in [3.8, 4) is 0 Å². The van der Waals surface area contributed by atoms with E-state index in [4.69, 9.17) is 28.4 Å². The van der Waals surface area contributed by atoms with E-state index in [0.29, 0.717) is 58.4 Å². The van der Waals surface area contributed by atoms with Gasteiger partial charge in [0.25, 0.3) is 0 Å². The van der Waals surface area contributed by atoms with Crippen molar-refractivity contribution in [1.29, 1.82) is 0 Å². The van der Waals surface area contributed by atoms with E-state index >= 15 is 0 Å². The molecular formula is C40H60F3NO8. The van der Waals surface area contributed by atoms with E-state index in [9.17, 15) is 22.8 Å². The SMILES string of the molecule is CCCCCCCCCCCCCCCC(=O)OCCOCCOCCOCCOCCOC(=O)c1ccccc1Nc1cccc(C(F)(F)F)c1. The van der Waals surface area contributed by atoms with Gasteiger partial charge in [0, 0.05) is 12.1 Å². The lowest BCUT2D eigenvalue weighted by atomic mass is 10.0. The lowest BCUT2D eigenvalue weighted by molar-refractivity contribution is -0.145. The Morgan fingerprint density at radius 3 is 1.60 bits per heavy atom. The summed E-state index contributed by atoms with van der Waals surface area (Å²) in [5, 5.41) is 2.86. The van der Waals surface area contributed by atoms with Crippen LogP contribution in [0.15, 0.2) is 48.5 Å². The maximum absolute atomic E-state index is 13.0. The molecule has 0 saturated carbocycles.